The third-order valence-electron chi connectivity index (χ3n) is 3.13. The van der Waals surface area contributed by atoms with Crippen molar-refractivity contribution in [1.82, 2.24) is 14.6 Å². The second-order valence-corrected chi connectivity index (χ2v) is 4.58. The summed E-state index contributed by atoms with van der Waals surface area (Å²) in [6.07, 6.45) is 5.09. The van der Waals surface area contributed by atoms with Crippen LogP contribution in [0.1, 0.15) is 18.7 Å². The monoisotopic (exact) mass is 232 g/mol. The molecule has 0 bridgehead atoms. The van der Waals surface area contributed by atoms with Crippen molar-refractivity contribution in [1.29, 1.82) is 0 Å². The van der Waals surface area contributed by atoms with Crippen molar-refractivity contribution in [2.45, 2.75) is 19.3 Å². The number of fused-ring (bicyclic) bond motifs is 1. The lowest BCUT2D eigenvalue weighted by Gasteiger charge is -2.20. The lowest BCUT2D eigenvalue weighted by atomic mass is 9.98. The first kappa shape index (κ1) is 10.5. The zero-order valence-corrected chi connectivity index (χ0v) is 9.67. The van der Waals surface area contributed by atoms with Crippen LogP contribution in [-0.4, -0.2) is 27.8 Å². The third-order valence-corrected chi connectivity index (χ3v) is 3.13. The highest BCUT2D eigenvalue weighted by Crippen LogP contribution is 2.18. The van der Waals surface area contributed by atoms with Gasteiger partial charge in [-0.2, -0.15) is 5.10 Å². The first-order valence-electron chi connectivity index (χ1n) is 6.00. The molecule has 1 aliphatic rings. The van der Waals surface area contributed by atoms with Crippen LogP contribution in [0.15, 0.2) is 18.3 Å². The predicted octanol–water partition coefficient (Wildman–Crippen LogP) is 1.28. The molecule has 3 heterocycles. The Labute approximate surface area is 99.6 Å². The van der Waals surface area contributed by atoms with Gasteiger partial charge in [0.1, 0.15) is 0 Å². The molecule has 1 aliphatic heterocycles. The first-order valence-corrected chi connectivity index (χ1v) is 6.00. The van der Waals surface area contributed by atoms with Crippen molar-refractivity contribution in [2.24, 2.45) is 5.92 Å². The van der Waals surface area contributed by atoms with Crippen LogP contribution in [0.3, 0.4) is 0 Å². The number of rotatable bonds is 2. The van der Waals surface area contributed by atoms with Crippen LogP contribution in [0.2, 0.25) is 0 Å². The molecule has 0 spiro atoms. The summed E-state index contributed by atoms with van der Waals surface area (Å²) in [4.78, 5) is 4.48. The van der Waals surface area contributed by atoms with Crippen LogP contribution < -0.4 is 5.73 Å². The van der Waals surface area contributed by atoms with Gasteiger partial charge in [0.2, 0.25) is 0 Å². The number of nitrogens with zero attached hydrogens (tertiary/aromatic N) is 3. The van der Waals surface area contributed by atoms with Gasteiger partial charge in [-0.3, -0.25) is 0 Å². The highest BCUT2D eigenvalue weighted by atomic mass is 16.5. The van der Waals surface area contributed by atoms with Gasteiger partial charge in [0.15, 0.2) is 11.5 Å². The van der Waals surface area contributed by atoms with Gasteiger partial charge in [0.25, 0.3) is 0 Å². The van der Waals surface area contributed by atoms with E-state index in [-0.39, 0.29) is 0 Å². The Bertz CT molecular complexity index is 516. The van der Waals surface area contributed by atoms with Gasteiger partial charge in [-0.05, 0) is 24.8 Å². The molecule has 5 heteroatoms. The van der Waals surface area contributed by atoms with Crippen LogP contribution in [-0.2, 0) is 11.2 Å². The fraction of sp³-hybridized carbons (Fsp3) is 0.500. The minimum absolute atomic E-state index is 0.554. The Balaban J connectivity index is 1.80. The largest absolute Gasteiger partial charge is 0.399 e. The molecule has 0 radical (unpaired) electrons. The number of hydrogen-bond donors (Lipinski definition) is 1. The van der Waals surface area contributed by atoms with E-state index in [1.807, 2.05) is 18.3 Å². The van der Waals surface area contributed by atoms with E-state index in [1.54, 1.807) is 4.52 Å². The highest BCUT2D eigenvalue weighted by molar-refractivity contribution is 5.50. The average Bonchev–Trinajstić information content (AvgIpc) is 2.71. The minimum Gasteiger partial charge on any atom is -0.399 e. The molecule has 2 N–H and O–H groups in total. The van der Waals surface area contributed by atoms with E-state index in [9.17, 15) is 0 Å². The van der Waals surface area contributed by atoms with Gasteiger partial charge in [0.05, 0.1) is 0 Å². The summed E-state index contributed by atoms with van der Waals surface area (Å²) in [7, 11) is 0. The Morgan fingerprint density at radius 2 is 2.47 bits per heavy atom. The molecular formula is C12H16N4O. The second-order valence-electron chi connectivity index (χ2n) is 4.58. The number of ether oxygens (including phenoxy) is 1. The zero-order valence-electron chi connectivity index (χ0n) is 9.67. The molecule has 17 heavy (non-hydrogen) atoms. The number of nitrogens with two attached hydrogens (primary N) is 1. The summed E-state index contributed by atoms with van der Waals surface area (Å²) in [6.45, 7) is 1.73. The summed E-state index contributed by atoms with van der Waals surface area (Å²) < 4.78 is 7.24. The molecule has 0 aromatic carbocycles. The van der Waals surface area contributed by atoms with Gasteiger partial charge in [-0.15, -0.1) is 0 Å². The second kappa shape index (κ2) is 4.33. The number of aromatic nitrogens is 3. The summed E-state index contributed by atoms with van der Waals surface area (Å²) in [6, 6.07) is 3.67. The van der Waals surface area contributed by atoms with E-state index in [2.05, 4.69) is 10.1 Å². The molecule has 1 atom stereocenters. The number of anilines is 1. The Morgan fingerprint density at radius 1 is 1.53 bits per heavy atom. The van der Waals surface area contributed by atoms with Crippen LogP contribution in [0, 0.1) is 5.92 Å². The van der Waals surface area contributed by atoms with Crippen LogP contribution in [0.5, 0.6) is 0 Å². The highest BCUT2D eigenvalue weighted by Gasteiger charge is 2.16. The molecule has 0 aliphatic carbocycles. The summed E-state index contributed by atoms with van der Waals surface area (Å²) in [5.74, 6) is 1.43. The van der Waals surface area contributed by atoms with Crippen LogP contribution in [0.4, 0.5) is 5.69 Å². The lowest BCUT2D eigenvalue weighted by Crippen LogP contribution is -2.19. The molecule has 0 amide bonds. The maximum atomic E-state index is 5.72. The molecule has 2 aromatic rings. The first-order chi connectivity index (χ1) is 8.31. The van der Waals surface area contributed by atoms with Crippen LogP contribution >= 0.6 is 0 Å². The normalized spacial score (nSPS) is 20.8. The quantitative estimate of drug-likeness (QED) is 0.847. The third kappa shape index (κ3) is 2.24. The smallest absolute Gasteiger partial charge is 0.157 e. The van der Waals surface area contributed by atoms with Gasteiger partial charge < -0.3 is 10.5 Å². The fourth-order valence-electron chi connectivity index (χ4n) is 2.26. The van der Waals surface area contributed by atoms with E-state index in [0.717, 1.165) is 43.2 Å². The van der Waals surface area contributed by atoms with E-state index in [1.165, 1.54) is 6.42 Å². The molecular weight excluding hydrogens is 216 g/mol. The average molecular weight is 232 g/mol. The maximum absolute atomic E-state index is 5.72. The number of pyridine rings is 1. The Morgan fingerprint density at radius 3 is 3.29 bits per heavy atom. The number of hydrogen-bond acceptors (Lipinski definition) is 4. The van der Waals surface area contributed by atoms with E-state index >= 15 is 0 Å². The molecule has 1 fully saturated rings. The standard InChI is InChI=1S/C12H16N4O/c13-10-3-4-16-12(7-10)14-11(15-16)6-9-2-1-5-17-8-9/h3-4,7,9H,1-2,5-6,8,13H2. The lowest BCUT2D eigenvalue weighted by molar-refractivity contribution is 0.0543. The van der Waals surface area contributed by atoms with Crippen LogP contribution in [0.25, 0.3) is 5.65 Å². The Hall–Kier alpha value is -1.62. The zero-order chi connectivity index (χ0) is 11.7. The van der Waals surface area contributed by atoms with Crippen molar-refractivity contribution in [2.75, 3.05) is 18.9 Å². The van der Waals surface area contributed by atoms with Crippen molar-refractivity contribution < 1.29 is 4.74 Å². The van der Waals surface area contributed by atoms with E-state index < -0.39 is 0 Å². The van der Waals surface area contributed by atoms with Crippen molar-refractivity contribution >= 4 is 11.3 Å². The predicted molar refractivity (Wildman–Crippen MR) is 64.6 cm³/mol. The maximum Gasteiger partial charge on any atom is 0.157 e. The molecule has 90 valence electrons. The van der Waals surface area contributed by atoms with E-state index in [0.29, 0.717) is 5.92 Å². The topological polar surface area (TPSA) is 65.4 Å². The van der Waals surface area contributed by atoms with Gasteiger partial charge in [0, 0.05) is 37.6 Å². The Kier molecular flexibility index (Phi) is 2.68. The van der Waals surface area contributed by atoms with Gasteiger partial charge in [-0.25, -0.2) is 9.50 Å². The van der Waals surface area contributed by atoms with Crippen molar-refractivity contribution in [3.63, 3.8) is 0 Å². The molecule has 1 unspecified atom stereocenters. The SMILES string of the molecule is Nc1ccn2nc(CC3CCCOC3)nc2c1. The molecule has 1 saturated heterocycles. The van der Waals surface area contributed by atoms with Gasteiger partial charge >= 0.3 is 0 Å². The fourth-order valence-corrected chi connectivity index (χ4v) is 2.26. The van der Waals surface area contributed by atoms with Gasteiger partial charge in [-0.1, -0.05) is 0 Å². The van der Waals surface area contributed by atoms with E-state index in [4.69, 9.17) is 10.5 Å². The summed E-state index contributed by atoms with van der Waals surface area (Å²) in [5, 5.41) is 4.44. The van der Waals surface area contributed by atoms with Crippen molar-refractivity contribution in [3.05, 3.63) is 24.2 Å². The summed E-state index contributed by atoms with van der Waals surface area (Å²) in [5.41, 5.74) is 7.25. The summed E-state index contributed by atoms with van der Waals surface area (Å²) >= 11 is 0. The number of nitrogen functional groups attached to an aromatic ring is 1. The van der Waals surface area contributed by atoms with Crippen molar-refractivity contribution in [3.8, 4) is 0 Å². The molecule has 0 saturated carbocycles. The molecule has 5 nitrogen and oxygen atoms in total. The minimum atomic E-state index is 0.554. The molecule has 3 rings (SSSR count). The molecule has 2 aromatic heterocycles.